The molecule has 180 valence electrons. The molecule has 2 heterocycles. The highest BCUT2D eigenvalue weighted by molar-refractivity contribution is 5.98. The van der Waals surface area contributed by atoms with E-state index in [-0.39, 0.29) is 40.6 Å². The predicted molar refractivity (Wildman–Crippen MR) is 128 cm³/mol. The van der Waals surface area contributed by atoms with Gasteiger partial charge in [-0.25, -0.2) is 13.8 Å². The zero-order chi connectivity index (χ0) is 24.8. The molecule has 0 fully saturated rings. The van der Waals surface area contributed by atoms with Crippen LogP contribution in [0.3, 0.4) is 0 Å². The van der Waals surface area contributed by atoms with Crippen molar-refractivity contribution in [2.24, 2.45) is 11.5 Å². The summed E-state index contributed by atoms with van der Waals surface area (Å²) >= 11 is 0. The number of nitrogens with zero attached hydrogens (tertiary/aromatic N) is 2. The van der Waals surface area contributed by atoms with Crippen LogP contribution >= 0.6 is 0 Å². The van der Waals surface area contributed by atoms with E-state index in [4.69, 9.17) is 16.2 Å². The number of rotatable bonds is 10. The molecule has 0 saturated heterocycles. The molecule has 0 bridgehead atoms. The molecule has 0 saturated carbocycles. The van der Waals surface area contributed by atoms with Gasteiger partial charge in [-0.3, -0.25) is 9.78 Å². The fraction of sp³-hybridized carbons (Fsp3) is 0.292. The van der Waals surface area contributed by atoms with Crippen LogP contribution in [0.4, 0.5) is 26.1 Å². The van der Waals surface area contributed by atoms with E-state index >= 15 is 0 Å². The Kier molecular flexibility index (Phi) is 7.95. The van der Waals surface area contributed by atoms with Crippen molar-refractivity contribution >= 4 is 23.2 Å². The molecule has 3 rings (SSSR count). The highest BCUT2D eigenvalue weighted by Crippen LogP contribution is 2.30. The van der Waals surface area contributed by atoms with Crippen molar-refractivity contribution in [1.29, 1.82) is 0 Å². The molecular formula is C24H28F2N6O2. The minimum Gasteiger partial charge on any atom is -0.494 e. The van der Waals surface area contributed by atoms with Crippen LogP contribution in [0.1, 0.15) is 37.0 Å². The van der Waals surface area contributed by atoms with Crippen molar-refractivity contribution in [2.75, 3.05) is 17.7 Å². The molecule has 0 aliphatic carbocycles. The van der Waals surface area contributed by atoms with E-state index in [1.165, 1.54) is 19.4 Å². The van der Waals surface area contributed by atoms with Gasteiger partial charge in [-0.05, 0) is 43.7 Å². The first-order valence-corrected chi connectivity index (χ1v) is 10.8. The molecule has 34 heavy (non-hydrogen) atoms. The van der Waals surface area contributed by atoms with E-state index in [0.717, 1.165) is 12.5 Å². The van der Waals surface area contributed by atoms with Crippen LogP contribution in [0, 0.1) is 11.6 Å². The zero-order valence-electron chi connectivity index (χ0n) is 19.2. The maximum absolute atomic E-state index is 14.7. The first kappa shape index (κ1) is 24.8. The second-order valence-corrected chi connectivity index (χ2v) is 7.85. The Morgan fingerprint density at radius 2 is 1.97 bits per heavy atom. The lowest BCUT2D eigenvalue weighted by Crippen LogP contribution is -2.38. The number of primary amides is 1. The first-order chi connectivity index (χ1) is 16.2. The lowest BCUT2D eigenvalue weighted by atomic mass is 10.1. The van der Waals surface area contributed by atoms with Crippen LogP contribution in [0.25, 0.3) is 11.3 Å². The number of ether oxygens (including phenoxy) is 1. The van der Waals surface area contributed by atoms with Crippen molar-refractivity contribution in [3.63, 3.8) is 0 Å². The minimum absolute atomic E-state index is 0.0413. The number of pyridine rings is 2. The number of methoxy groups -OCH3 is 1. The van der Waals surface area contributed by atoms with Crippen molar-refractivity contribution < 1.29 is 18.3 Å². The zero-order valence-corrected chi connectivity index (χ0v) is 19.2. The maximum Gasteiger partial charge on any atom is 0.252 e. The number of hydrogen-bond acceptors (Lipinski definition) is 7. The standard InChI is InChI=1S/C24H28F2N6O2/c1-4-6-18(13(2)27)31-24-17(25)12-16(22(28)33)23(32-24)30-14-9-10-29-19(11-14)15-7-5-8-20(34-3)21(15)26/h5,7-13,18H,4,6,27H2,1-3H3,(H2,28,33)(H2,29,30,31,32)/t13-,18+/m0/s1. The van der Waals surface area contributed by atoms with Gasteiger partial charge in [0.2, 0.25) is 0 Å². The Morgan fingerprint density at radius 3 is 2.62 bits per heavy atom. The average Bonchev–Trinajstić information content (AvgIpc) is 2.80. The lowest BCUT2D eigenvalue weighted by molar-refractivity contribution is 0.100. The van der Waals surface area contributed by atoms with E-state index in [2.05, 4.69) is 20.6 Å². The van der Waals surface area contributed by atoms with Crippen LogP contribution < -0.4 is 26.8 Å². The number of amides is 1. The molecule has 6 N–H and O–H groups in total. The number of carbonyl (C=O) groups excluding carboxylic acids is 1. The van der Waals surface area contributed by atoms with E-state index in [1.54, 1.807) is 24.3 Å². The normalized spacial score (nSPS) is 12.6. The van der Waals surface area contributed by atoms with E-state index in [9.17, 15) is 13.6 Å². The van der Waals surface area contributed by atoms with Gasteiger partial charge in [0, 0.05) is 29.5 Å². The Balaban J connectivity index is 1.99. The molecule has 1 amide bonds. The van der Waals surface area contributed by atoms with Gasteiger partial charge in [-0.1, -0.05) is 19.4 Å². The summed E-state index contributed by atoms with van der Waals surface area (Å²) < 4.78 is 34.5. The largest absolute Gasteiger partial charge is 0.494 e. The number of carbonyl (C=O) groups is 1. The third-order valence-electron chi connectivity index (χ3n) is 5.28. The van der Waals surface area contributed by atoms with Crippen LogP contribution in [-0.2, 0) is 0 Å². The summed E-state index contributed by atoms with van der Waals surface area (Å²) in [5.74, 6) is -2.08. The van der Waals surface area contributed by atoms with Gasteiger partial charge in [-0.15, -0.1) is 0 Å². The van der Waals surface area contributed by atoms with Gasteiger partial charge in [0.15, 0.2) is 23.2 Å². The van der Waals surface area contributed by atoms with Gasteiger partial charge >= 0.3 is 0 Å². The summed E-state index contributed by atoms with van der Waals surface area (Å²) in [6.45, 7) is 3.81. The predicted octanol–water partition coefficient (Wildman–Crippen LogP) is 4.20. The Hall–Kier alpha value is -3.79. The van der Waals surface area contributed by atoms with Crippen LogP contribution in [0.15, 0.2) is 42.6 Å². The Labute approximate surface area is 196 Å². The third-order valence-corrected chi connectivity index (χ3v) is 5.28. The van der Waals surface area contributed by atoms with E-state index in [1.807, 2.05) is 13.8 Å². The quantitative estimate of drug-likeness (QED) is 0.350. The minimum atomic E-state index is -0.856. The number of anilines is 3. The summed E-state index contributed by atoms with van der Waals surface area (Å²) in [7, 11) is 1.38. The summed E-state index contributed by atoms with van der Waals surface area (Å²) in [6.07, 6.45) is 3.02. The van der Waals surface area contributed by atoms with Gasteiger partial charge in [0.05, 0.1) is 18.4 Å². The fourth-order valence-electron chi connectivity index (χ4n) is 3.48. The topological polar surface area (TPSA) is 128 Å². The van der Waals surface area contributed by atoms with Crippen molar-refractivity contribution in [1.82, 2.24) is 9.97 Å². The Morgan fingerprint density at radius 1 is 1.21 bits per heavy atom. The summed E-state index contributed by atoms with van der Waals surface area (Å²) in [5, 5.41) is 5.99. The van der Waals surface area contributed by atoms with Gasteiger partial charge in [-0.2, -0.15) is 0 Å². The van der Waals surface area contributed by atoms with Gasteiger partial charge in [0.25, 0.3) is 5.91 Å². The van der Waals surface area contributed by atoms with Crippen LogP contribution in [0.5, 0.6) is 5.75 Å². The van der Waals surface area contributed by atoms with E-state index < -0.39 is 17.5 Å². The molecule has 0 unspecified atom stereocenters. The van der Waals surface area contributed by atoms with Crippen LogP contribution in [0.2, 0.25) is 0 Å². The number of halogens is 2. The Bertz CT molecular complexity index is 1170. The number of nitrogens with one attached hydrogen (secondary N) is 2. The second-order valence-electron chi connectivity index (χ2n) is 7.85. The molecule has 8 nitrogen and oxygen atoms in total. The van der Waals surface area contributed by atoms with Crippen LogP contribution in [-0.4, -0.2) is 35.1 Å². The molecule has 3 aromatic rings. The highest BCUT2D eigenvalue weighted by Gasteiger charge is 2.20. The van der Waals surface area contributed by atoms with Crippen molar-refractivity contribution in [3.05, 3.63) is 59.8 Å². The molecule has 0 aliphatic rings. The first-order valence-electron chi connectivity index (χ1n) is 10.8. The average molecular weight is 471 g/mol. The molecule has 2 aromatic heterocycles. The van der Waals surface area contributed by atoms with E-state index in [0.29, 0.717) is 17.8 Å². The SMILES string of the molecule is CCC[C@@H](Nc1nc(Nc2ccnc(-c3cccc(OC)c3F)c2)c(C(N)=O)cc1F)[C@H](C)N. The molecule has 0 spiro atoms. The number of aromatic nitrogens is 2. The molecule has 1 aromatic carbocycles. The fourth-order valence-corrected chi connectivity index (χ4v) is 3.48. The molecule has 10 heteroatoms. The smallest absolute Gasteiger partial charge is 0.252 e. The number of nitrogens with two attached hydrogens (primary N) is 2. The number of benzene rings is 1. The van der Waals surface area contributed by atoms with Crippen molar-refractivity contribution in [2.45, 2.75) is 38.8 Å². The maximum atomic E-state index is 14.7. The lowest BCUT2D eigenvalue weighted by Gasteiger charge is -2.23. The summed E-state index contributed by atoms with van der Waals surface area (Å²) in [5.41, 5.74) is 12.3. The van der Waals surface area contributed by atoms with Gasteiger partial charge in [0.1, 0.15) is 5.82 Å². The molecule has 2 atom stereocenters. The highest BCUT2D eigenvalue weighted by atomic mass is 19.1. The summed E-state index contributed by atoms with van der Waals surface area (Å²) in [6, 6.07) is 8.44. The molecule has 0 radical (unpaired) electrons. The summed E-state index contributed by atoms with van der Waals surface area (Å²) in [4.78, 5) is 20.5. The monoisotopic (exact) mass is 470 g/mol. The molecule has 0 aliphatic heterocycles. The number of hydrogen-bond donors (Lipinski definition) is 4. The third kappa shape index (κ3) is 5.57. The second kappa shape index (κ2) is 10.9. The van der Waals surface area contributed by atoms with Crippen molar-refractivity contribution in [3.8, 4) is 17.0 Å². The van der Waals surface area contributed by atoms with Gasteiger partial charge < -0.3 is 26.8 Å². The molecular weight excluding hydrogens is 442 g/mol.